The van der Waals surface area contributed by atoms with E-state index in [1.54, 1.807) is 0 Å². The fraction of sp³-hybridized carbons (Fsp3) is 0.571. The van der Waals surface area contributed by atoms with Crippen LogP contribution in [0.15, 0.2) is 18.2 Å². The number of aryl methyl sites for hydroxylation is 1. The Morgan fingerprint density at radius 3 is 2.53 bits per heavy atom. The van der Waals surface area contributed by atoms with E-state index in [-0.39, 0.29) is 12.4 Å². The van der Waals surface area contributed by atoms with Crippen LogP contribution >= 0.6 is 12.4 Å². The number of nitrogens with two attached hydrogens (primary N) is 1. The van der Waals surface area contributed by atoms with Crippen LogP contribution in [-0.2, 0) is 6.54 Å². The van der Waals surface area contributed by atoms with Gasteiger partial charge in [-0.3, -0.25) is 4.90 Å². The van der Waals surface area contributed by atoms with Crippen molar-refractivity contribution in [2.45, 2.75) is 39.3 Å². The summed E-state index contributed by atoms with van der Waals surface area (Å²) in [6, 6.07) is 7.02. The van der Waals surface area contributed by atoms with E-state index in [0.29, 0.717) is 6.04 Å². The van der Waals surface area contributed by atoms with Gasteiger partial charge in [-0.2, -0.15) is 0 Å². The molecule has 0 bridgehead atoms. The fourth-order valence-corrected chi connectivity index (χ4v) is 2.34. The van der Waals surface area contributed by atoms with Gasteiger partial charge in [-0.15, -0.1) is 12.4 Å². The van der Waals surface area contributed by atoms with Crippen molar-refractivity contribution in [3.05, 3.63) is 34.9 Å². The third-order valence-electron chi connectivity index (χ3n) is 3.74. The van der Waals surface area contributed by atoms with Gasteiger partial charge in [0.15, 0.2) is 0 Å². The highest BCUT2D eigenvalue weighted by molar-refractivity contribution is 5.85. The Balaban J connectivity index is 0.00000144. The summed E-state index contributed by atoms with van der Waals surface area (Å²) >= 11 is 0. The van der Waals surface area contributed by atoms with E-state index in [2.05, 4.69) is 36.9 Å². The molecule has 2 nitrogen and oxygen atoms in total. The Hall–Kier alpha value is -0.570. The normalized spacial score (nSPS) is 17.8. The highest BCUT2D eigenvalue weighted by Crippen LogP contribution is 2.17. The summed E-state index contributed by atoms with van der Waals surface area (Å²) in [5.41, 5.74) is 10.2. The molecule has 1 aromatic carbocycles. The predicted octanol–water partition coefficient (Wildman–Crippen LogP) is 2.65. The second-order valence-electron chi connectivity index (χ2n) is 4.97. The van der Waals surface area contributed by atoms with Crippen molar-refractivity contribution in [2.24, 2.45) is 5.73 Å². The van der Waals surface area contributed by atoms with E-state index in [9.17, 15) is 0 Å². The lowest BCUT2D eigenvalue weighted by molar-refractivity contribution is 0.205. The number of hydrogen-bond donors (Lipinski definition) is 1. The van der Waals surface area contributed by atoms with E-state index in [1.807, 2.05) is 0 Å². The lowest BCUT2D eigenvalue weighted by Gasteiger charge is -2.30. The quantitative estimate of drug-likeness (QED) is 0.879. The molecule has 1 saturated heterocycles. The molecular formula is C14H23ClN2. The molecule has 0 atom stereocenters. The number of likely N-dealkylation sites (tertiary alicyclic amines) is 1. The molecule has 1 fully saturated rings. The third kappa shape index (κ3) is 3.70. The zero-order valence-corrected chi connectivity index (χ0v) is 11.6. The number of benzene rings is 1. The van der Waals surface area contributed by atoms with Gasteiger partial charge in [0.25, 0.3) is 0 Å². The number of halogens is 1. The zero-order valence-electron chi connectivity index (χ0n) is 10.8. The molecule has 2 N–H and O–H groups in total. The van der Waals surface area contributed by atoms with Crippen LogP contribution in [0.1, 0.15) is 29.5 Å². The van der Waals surface area contributed by atoms with Crippen molar-refractivity contribution in [1.29, 1.82) is 0 Å². The summed E-state index contributed by atoms with van der Waals surface area (Å²) in [6.07, 6.45) is 2.29. The fourth-order valence-electron chi connectivity index (χ4n) is 2.34. The van der Waals surface area contributed by atoms with E-state index >= 15 is 0 Å². The first-order valence-electron chi connectivity index (χ1n) is 6.20. The highest BCUT2D eigenvalue weighted by atomic mass is 35.5. The highest BCUT2D eigenvalue weighted by Gasteiger charge is 2.16. The van der Waals surface area contributed by atoms with Crippen LogP contribution in [-0.4, -0.2) is 24.0 Å². The number of piperidine rings is 1. The van der Waals surface area contributed by atoms with Gasteiger partial charge >= 0.3 is 0 Å². The number of rotatable bonds is 2. The first-order valence-corrected chi connectivity index (χ1v) is 6.20. The molecule has 96 valence electrons. The Morgan fingerprint density at radius 2 is 1.88 bits per heavy atom. The molecule has 0 radical (unpaired) electrons. The predicted molar refractivity (Wildman–Crippen MR) is 75.7 cm³/mol. The molecule has 17 heavy (non-hydrogen) atoms. The van der Waals surface area contributed by atoms with Crippen LogP contribution in [0.4, 0.5) is 0 Å². The van der Waals surface area contributed by atoms with Crippen molar-refractivity contribution in [2.75, 3.05) is 13.1 Å². The minimum absolute atomic E-state index is 0. The summed E-state index contributed by atoms with van der Waals surface area (Å²) < 4.78 is 0. The maximum Gasteiger partial charge on any atom is 0.0236 e. The second kappa shape index (κ2) is 6.39. The summed E-state index contributed by atoms with van der Waals surface area (Å²) in [6.45, 7) is 7.79. The lowest BCUT2D eigenvalue weighted by Crippen LogP contribution is -2.39. The molecule has 2 rings (SSSR count). The smallest absolute Gasteiger partial charge is 0.0236 e. The standard InChI is InChI=1S/C14H22N2.ClH/c1-11-4-3-5-13(12(11)2)10-16-8-6-14(15)7-9-16;/h3-5,14H,6-10,15H2,1-2H3;1H. The minimum Gasteiger partial charge on any atom is -0.328 e. The van der Waals surface area contributed by atoms with E-state index in [1.165, 1.54) is 16.7 Å². The van der Waals surface area contributed by atoms with Crippen LogP contribution in [0, 0.1) is 13.8 Å². The van der Waals surface area contributed by atoms with Crippen LogP contribution in [0.2, 0.25) is 0 Å². The molecule has 1 aromatic rings. The van der Waals surface area contributed by atoms with E-state index in [4.69, 9.17) is 5.73 Å². The van der Waals surface area contributed by atoms with Gasteiger partial charge in [-0.25, -0.2) is 0 Å². The van der Waals surface area contributed by atoms with Gasteiger partial charge in [0, 0.05) is 12.6 Å². The molecule has 3 heteroatoms. The summed E-state index contributed by atoms with van der Waals surface area (Å²) in [5, 5.41) is 0. The molecule has 1 aliphatic rings. The molecule has 1 aliphatic heterocycles. The number of hydrogen-bond acceptors (Lipinski definition) is 2. The molecule has 0 aromatic heterocycles. The Kier molecular flexibility index (Phi) is 5.44. The first kappa shape index (κ1) is 14.5. The Labute approximate surface area is 111 Å². The molecular weight excluding hydrogens is 232 g/mol. The van der Waals surface area contributed by atoms with Crippen molar-refractivity contribution in [3.8, 4) is 0 Å². The zero-order chi connectivity index (χ0) is 11.5. The maximum absolute atomic E-state index is 5.92. The summed E-state index contributed by atoms with van der Waals surface area (Å²) in [5.74, 6) is 0. The molecule has 0 saturated carbocycles. The molecule has 0 unspecified atom stereocenters. The van der Waals surface area contributed by atoms with Gasteiger partial charge in [-0.1, -0.05) is 18.2 Å². The largest absolute Gasteiger partial charge is 0.328 e. The van der Waals surface area contributed by atoms with Gasteiger partial charge in [-0.05, 0) is 56.5 Å². The van der Waals surface area contributed by atoms with E-state index < -0.39 is 0 Å². The average Bonchev–Trinajstić information content (AvgIpc) is 2.28. The Bertz CT molecular complexity index is 357. The maximum atomic E-state index is 5.92. The van der Waals surface area contributed by atoms with Gasteiger partial charge in [0.1, 0.15) is 0 Å². The van der Waals surface area contributed by atoms with Crippen molar-refractivity contribution >= 4 is 12.4 Å². The van der Waals surface area contributed by atoms with Crippen molar-refractivity contribution in [1.82, 2.24) is 4.90 Å². The van der Waals surface area contributed by atoms with Gasteiger partial charge in [0.05, 0.1) is 0 Å². The first-order chi connectivity index (χ1) is 7.66. The topological polar surface area (TPSA) is 29.3 Å². The monoisotopic (exact) mass is 254 g/mol. The van der Waals surface area contributed by atoms with Crippen LogP contribution in [0.25, 0.3) is 0 Å². The summed E-state index contributed by atoms with van der Waals surface area (Å²) in [7, 11) is 0. The van der Waals surface area contributed by atoms with Crippen LogP contribution in [0.3, 0.4) is 0 Å². The summed E-state index contributed by atoms with van der Waals surface area (Å²) in [4.78, 5) is 2.52. The molecule has 1 heterocycles. The second-order valence-corrected chi connectivity index (χ2v) is 4.97. The lowest BCUT2D eigenvalue weighted by atomic mass is 10.0. The third-order valence-corrected chi connectivity index (χ3v) is 3.74. The Morgan fingerprint density at radius 1 is 1.24 bits per heavy atom. The average molecular weight is 255 g/mol. The number of nitrogens with zero attached hydrogens (tertiary/aromatic N) is 1. The van der Waals surface area contributed by atoms with E-state index in [0.717, 1.165) is 32.5 Å². The van der Waals surface area contributed by atoms with Crippen molar-refractivity contribution in [3.63, 3.8) is 0 Å². The van der Waals surface area contributed by atoms with Crippen molar-refractivity contribution < 1.29 is 0 Å². The van der Waals surface area contributed by atoms with Gasteiger partial charge in [0.2, 0.25) is 0 Å². The van der Waals surface area contributed by atoms with Crippen LogP contribution in [0.5, 0.6) is 0 Å². The SMILES string of the molecule is Cc1cccc(CN2CCC(N)CC2)c1C.Cl. The minimum atomic E-state index is 0. The van der Waals surface area contributed by atoms with Crippen LogP contribution < -0.4 is 5.73 Å². The van der Waals surface area contributed by atoms with Gasteiger partial charge < -0.3 is 5.73 Å². The molecule has 0 amide bonds. The molecule has 0 spiro atoms. The molecule has 0 aliphatic carbocycles.